The summed E-state index contributed by atoms with van der Waals surface area (Å²) in [4.78, 5) is 14.5. The van der Waals surface area contributed by atoms with E-state index in [9.17, 15) is 10.1 Å². The number of hydrogen-bond acceptors (Lipinski definition) is 4. The van der Waals surface area contributed by atoms with Gasteiger partial charge in [-0.05, 0) is 18.4 Å². The molecule has 128 valence electrons. The molecule has 1 rings (SSSR count). The van der Waals surface area contributed by atoms with Gasteiger partial charge in [-0.2, -0.15) is 0 Å². The van der Waals surface area contributed by atoms with E-state index in [4.69, 9.17) is 4.74 Å². The van der Waals surface area contributed by atoms with Gasteiger partial charge in [0.25, 0.3) is 5.69 Å². The Hall–Kier alpha value is -2.15. The maximum Gasteiger partial charge on any atom is 0.269 e. The van der Waals surface area contributed by atoms with Gasteiger partial charge in [0.05, 0.1) is 4.92 Å². The molecular formula is C16H26N4O3. The number of aliphatic imine (C=N–C) groups is 1. The van der Waals surface area contributed by atoms with E-state index in [2.05, 4.69) is 22.5 Å². The van der Waals surface area contributed by atoms with E-state index in [1.165, 1.54) is 6.07 Å². The maximum absolute atomic E-state index is 10.8. The van der Waals surface area contributed by atoms with Crippen LogP contribution in [0.2, 0.25) is 0 Å². The Morgan fingerprint density at radius 1 is 1.30 bits per heavy atom. The van der Waals surface area contributed by atoms with Crippen LogP contribution in [0.5, 0.6) is 0 Å². The molecule has 1 aromatic rings. The van der Waals surface area contributed by atoms with Crippen LogP contribution in [-0.2, 0) is 11.3 Å². The van der Waals surface area contributed by atoms with Crippen LogP contribution in [0.4, 0.5) is 5.69 Å². The Kier molecular flexibility index (Phi) is 9.38. The third-order valence-electron chi connectivity index (χ3n) is 3.21. The summed E-state index contributed by atoms with van der Waals surface area (Å²) in [6.45, 7) is 4.93. The summed E-state index contributed by atoms with van der Waals surface area (Å²) in [6.07, 6.45) is 3.15. The normalized spacial score (nSPS) is 11.3. The number of hydrogen-bond donors (Lipinski definition) is 2. The van der Waals surface area contributed by atoms with Crippen LogP contribution in [0.15, 0.2) is 29.3 Å². The summed E-state index contributed by atoms with van der Waals surface area (Å²) in [5.41, 5.74) is 0.932. The van der Waals surface area contributed by atoms with Crippen molar-refractivity contribution < 1.29 is 9.66 Å². The lowest BCUT2D eigenvalue weighted by atomic mass is 10.2. The van der Waals surface area contributed by atoms with Crippen LogP contribution >= 0.6 is 0 Å². The number of unbranched alkanes of at least 4 members (excludes halogenated alkanes) is 1. The van der Waals surface area contributed by atoms with Gasteiger partial charge in [0.15, 0.2) is 5.96 Å². The zero-order valence-corrected chi connectivity index (χ0v) is 13.9. The van der Waals surface area contributed by atoms with E-state index in [0.717, 1.165) is 44.6 Å². The minimum atomic E-state index is -0.394. The van der Waals surface area contributed by atoms with Crippen molar-refractivity contribution in [3.05, 3.63) is 39.9 Å². The lowest BCUT2D eigenvalue weighted by Crippen LogP contribution is -2.37. The Morgan fingerprint density at radius 3 is 2.78 bits per heavy atom. The van der Waals surface area contributed by atoms with Crippen LogP contribution < -0.4 is 10.6 Å². The van der Waals surface area contributed by atoms with Gasteiger partial charge >= 0.3 is 0 Å². The Labute approximate surface area is 137 Å². The van der Waals surface area contributed by atoms with Crippen molar-refractivity contribution in [2.24, 2.45) is 4.99 Å². The van der Waals surface area contributed by atoms with Crippen molar-refractivity contribution in [3.63, 3.8) is 0 Å². The van der Waals surface area contributed by atoms with Gasteiger partial charge in [0.1, 0.15) is 0 Å². The smallest absolute Gasteiger partial charge is 0.269 e. The highest BCUT2D eigenvalue weighted by atomic mass is 16.6. The second kappa shape index (κ2) is 11.4. The van der Waals surface area contributed by atoms with Crippen LogP contribution in [0, 0.1) is 10.1 Å². The minimum Gasteiger partial charge on any atom is -0.381 e. The van der Waals surface area contributed by atoms with Crippen molar-refractivity contribution in [2.75, 3.05) is 26.8 Å². The summed E-state index contributed by atoms with van der Waals surface area (Å²) < 4.78 is 5.49. The second-order valence-electron chi connectivity index (χ2n) is 5.10. The number of nitrogens with zero attached hydrogens (tertiary/aromatic N) is 2. The molecule has 0 amide bonds. The number of benzene rings is 1. The minimum absolute atomic E-state index is 0.0940. The van der Waals surface area contributed by atoms with E-state index >= 15 is 0 Å². The molecule has 1 aromatic carbocycles. The van der Waals surface area contributed by atoms with E-state index < -0.39 is 4.92 Å². The Morgan fingerprint density at radius 2 is 2.09 bits per heavy atom. The first kappa shape index (κ1) is 18.9. The summed E-state index contributed by atoms with van der Waals surface area (Å²) in [5.74, 6) is 0.671. The Bertz CT molecular complexity index is 506. The third kappa shape index (κ3) is 8.15. The molecule has 0 atom stereocenters. The fourth-order valence-electron chi connectivity index (χ4n) is 1.92. The average Bonchev–Trinajstić information content (AvgIpc) is 2.57. The molecule has 7 heteroatoms. The molecule has 0 radical (unpaired) electrons. The van der Waals surface area contributed by atoms with Crippen LogP contribution in [0.1, 0.15) is 31.7 Å². The lowest BCUT2D eigenvalue weighted by molar-refractivity contribution is -0.384. The summed E-state index contributed by atoms with van der Waals surface area (Å²) in [6, 6.07) is 6.56. The van der Waals surface area contributed by atoms with Crippen molar-refractivity contribution in [1.29, 1.82) is 0 Å². The highest BCUT2D eigenvalue weighted by Crippen LogP contribution is 2.12. The average molecular weight is 322 g/mol. The number of nitro groups is 1. The second-order valence-corrected chi connectivity index (χ2v) is 5.10. The largest absolute Gasteiger partial charge is 0.381 e. The van der Waals surface area contributed by atoms with Gasteiger partial charge in [-0.1, -0.05) is 25.5 Å². The fraction of sp³-hybridized carbons (Fsp3) is 0.562. The van der Waals surface area contributed by atoms with Gasteiger partial charge in [-0.25, -0.2) is 0 Å². The molecular weight excluding hydrogens is 296 g/mol. The van der Waals surface area contributed by atoms with Crippen molar-refractivity contribution in [1.82, 2.24) is 10.6 Å². The van der Waals surface area contributed by atoms with Gasteiger partial charge in [-0.3, -0.25) is 15.1 Å². The number of nitrogens with one attached hydrogen (secondary N) is 2. The molecule has 0 aromatic heterocycles. The zero-order valence-electron chi connectivity index (χ0n) is 13.9. The molecule has 7 nitrogen and oxygen atoms in total. The van der Waals surface area contributed by atoms with Gasteiger partial charge < -0.3 is 15.4 Å². The molecule has 0 fully saturated rings. The Balaban J connectivity index is 2.26. The molecule has 0 aliphatic heterocycles. The first-order chi connectivity index (χ1) is 11.2. The standard InChI is InChI=1S/C16H26N4O3/c1-3-4-10-23-11-6-9-18-16(17-2)19-13-14-7-5-8-15(12-14)20(21)22/h5,7-8,12H,3-4,6,9-11,13H2,1-2H3,(H2,17,18,19). The third-order valence-corrected chi connectivity index (χ3v) is 3.21. The predicted molar refractivity (Wildman–Crippen MR) is 91.6 cm³/mol. The molecule has 0 aliphatic rings. The molecule has 23 heavy (non-hydrogen) atoms. The predicted octanol–water partition coefficient (Wildman–Crippen LogP) is 2.47. The SMILES string of the molecule is CCCCOCCCNC(=NC)NCc1cccc([N+](=O)[O-])c1. The van der Waals surface area contributed by atoms with Gasteiger partial charge in [0, 0.05) is 45.5 Å². The highest BCUT2D eigenvalue weighted by molar-refractivity contribution is 5.79. The van der Waals surface area contributed by atoms with Crippen LogP contribution in [0.25, 0.3) is 0 Å². The first-order valence-corrected chi connectivity index (χ1v) is 7.93. The van der Waals surface area contributed by atoms with Crippen LogP contribution in [0.3, 0.4) is 0 Å². The maximum atomic E-state index is 10.8. The molecule has 0 aliphatic carbocycles. The summed E-state index contributed by atoms with van der Waals surface area (Å²) in [5, 5.41) is 17.1. The zero-order chi connectivity index (χ0) is 16.9. The number of ether oxygens (including phenoxy) is 1. The number of rotatable bonds is 10. The molecule has 0 unspecified atom stereocenters. The van der Waals surface area contributed by atoms with Crippen molar-refractivity contribution >= 4 is 11.6 Å². The number of non-ortho nitro benzene ring substituents is 1. The summed E-state index contributed by atoms with van der Waals surface area (Å²) in [7, 11) is 1.69. The molecule has 0 saturated carbocycles. The first-order valence-electron chi connectivity index (χ1n) is 7.93. The van der Waals surface area contributed by atoms with E-state index in [1.807, 2.05) is 6.07 Å². The van der Waals surface area contributed by atoms with E-state index in [1.54, 1.807) is 19.2 Å². The fourth-order valence-corrected chi connectivity index (χ4v) is 1.92. The summed E-state index contributed by atoms with van der Waals surface area (Å²) >= 11 is 0. The topological polar surface area (TPSA) is 88.8 Å². The monoisotopic (exact) mass is 322 g/mol. The van der Waals surface area contributed by atoms with Gasteiger partial charge in [0.2, 0.25) is 0 Å². The molecule has 0 bridgehead atoms. The van der Waals surface area contributed by atoms with Crippen molar-refractivity contribution in [3.8, 4) is 0 Å². The molecule has 0 heterocycles. The van der Waals surface area contributed by atoms with Crippen LogP contribution in [-0.4, -0.2) is 37.7 Å². The van der Waals surface area contributed by atoms with Crippen molar-refractivity contribution in [2.45, 2.75) is 32.7 Å². The molecule has 0 saturated heterocycles. The molecule has 2 N–H and O–H groups in total. The van der Waals surface area contributed by atoms with E-state index in [-0.39, 0.29) is 5.69 Å². The van der Waals surface area contributed by atoms with E-state index in [0.29, 0.717) is 12.5 Å². The number of guanidine groups is 1. The van der Waals surface area contributed by atoms with Gasteiger partial charge in [-0.15, -0.1) is 0 Å². The molecule has 0 spiro atoms. The lowest BCUT2D eigenvalue weighted by Gasteiger charge is -2.12. The quantitative estimate of drug-likeness (QED) is 0.227. The highest BCUT2D eigenvalue weighted by Gasteiger charge is 2.06. The number of nitro benzene ring substituents is 1.